The van der Waals surface area contributed by atoms with Crippen molar-refractivity contribution >= 4 is 51.7 Å². The van der Waals surface area contributed by atoms with Crippen LogP contribution in [0.2, 0.25) is 5.02 Å². The van der Waals surface area contributed by atoms with Crippen molar-refractivity contribution in [2.24, 2.45) is 0 Å². The number of ether oxygens (including phenoxy) is 1. The van der Waals surface area contributed by atoms with Gasteiger partial charge < -0.3 is 29.3 Å². The Morgan fingerprint density at radius 1 is 0.933 bits per heavy atom. The van der Waals surface area contributed by atoms with Gasteiger partial charge in [-0.25, -0.2) is 13.6 Å². The summed E-state index contributed by atoms with van der Waals surface area (Å²) in [6.45, 7) is 9.11. The number of rotatable bonds is 4. The fraction of sp³-hybridized carbons (Fsp3) is 0.424. The molecule has 45 heavy (non-hydrogen) atoms. The van der Waals surface area contributed by atoms with Crippen molar-refractivity contribution in [3.63, 3.8) is 0 Å². The summed E-state index contributed by atoms with van der Waals surface area (Å²) in [5, 5.41) is 0.616. The number of halogens is 3. The minimum atomic E-state index is -0.615. The van der Waals surface area contributed by atoms with Crippen LogP contribution in [0.15, 0.2) is 30.3 Å². The van der Waals surface area contributed by atoms with Gasteiger partial charge >= 0.3 is 6.09 Å². The highest BCUT2D eigenvalue weighted by atomic mass is 35.5. The molecule has 0 bridgehead atoms. The molecular weight excluding hydrogens is 604 g/mol. The van der Waals surface area contributed by atoms with Crippen LogP contribution in [0, 0.1) is 11.6 Å². The molecule has 9 nitrogen and oxygen atoms in total. The number of carbonyl (C=O) groups is 3. The lowest BCUT2D eigenvalue weighted by molar-refractivity contribution is -0.128. The first-order chi connectivity index (χ1) is 21.1. The number of nitrogens with zero attached hydrogens (tertiary/aromatic N) is 4. The van der Waals surface area contributed by atoms with E-state index in [1.807, 2.05) is 11.0 Å². The molecule has 2 aliphatic rings. The number of aromatic nitrogens is 1. The molecule has 12 heteroatoms. The van der Waals surface area contributed by atoms with Crippen molar-refractivity contribution < 1.29 is 27.9 Å². The predicted molar refractivity (Wildman–Crippen MR) is 172 cm³/mol. The molecule has 1 fully saturated rings. The molecule has 0 unspecified atom stereocenters. The van der Waals surface area contributed by atoms with Gasteiger partial charge in [-0.2, -0.15) is 0 Å². The number of benzene rings is 2. The normalized spacial score (nSPS) is 15.8. The Bertz CT molecular complexity index is 1700. The number of carbonyl (C=O) groups excluding carboxylic acids is 3. The molecule has 5 rings (SSSR count). The molecule has 0 aliphatic carbocycles. The van der Waals surface area contributed by atoms with Crippen molar-refractivity contribution in [3.8, 4) is 11.1 Å². The Hall–Kier alpha value is -4.12. The van der Waals surface area contributed by atoms with Gasteiger partial charge in [0.2, 0.25) is 5.91 Å². The van der Waals surface area contributed by atoms with Gasteiger partial charge in [0.1, 0.15) is 17.1 Å². The summed E-state index contributed by atoms with van der Waals surface area (Å²) in [5.74, 6) is -1.57. The summed E-state index contributed by atoms with van der Waals surface area (Å²) < 4.78 is 37.5. The Morgan fingerprint density at radius 2 is 1.62 bits per heavy atom. The number of fused-ring (bicyclic) bond motifs is 1. The van der Waals surface area contributed by atoms with Gasteiger partial charge in [0, 0.05) is 76.8 Å². The number of H-pyrrole nitrogens is 1. The van der Waals surface area contributed by atoms with Gasteiger partial charge in [-0.3, -0.25) is 9.59 Å². The molecule has 0 atom stereocenters. The van der Waals surface area contributed by atoms with Crippen LogP contribution >= 0.6 is 11.6 Å². The molecule has 1 aromatic heterocycles. The van der Waals surface area contributed by atoms with Crippen molar-refractivity contribution in [2.75, 3.05) is 58.3 Å². The SMILES string of the molecule is CC(=O)N1CCC=C(c2cc(-c3cc(F)c(N4CCN(C(=O)OC(C)(C)C)CC4)cc3Cl)c3cc(C(=O)N(C)C)[nH]c3c2F)C1. The zero-order valence-corrected chi connectivity index (χ0v) is 27.1. The molecule has 0 saturated carbocycles. The van der Waals surface area contributed by atoms with E-state index in [9.17, 15) is 14.4 Å². The van der Waals surface area contributed by atoms with Crippen LogP contribution in [0.25, 0.3) is 27.6 Å². The first kappa shape index (κ1) is 32.3. The van der Waals surface area contributed by atoms with E-state index in [0.717, 1.165) is 0 Å². The number of amides is 3. The molecule has 0 spiro atoms. The average Bonchev–Trinajstić information content (AvgIpc) is 3.43. The lowest BCUT2D eigenvalue weighted by atomic mass is 9.93. The van der Waals surface area contributed by atoms with Crippen molar-refractivity contribution in [1.82, 2.24) is 19.7 Å². The van der Waals surface area contributed by atoms with E-state index in [0.29, 0.717) is 61.2 Å². The summed E-state index contributed by atoms with van der Waals surface area (Å²) in [4.78, 5) is 46.8. The first-order valence-corrected chi connectivity index (χ1v) is 15.3. The number of hydrogen-bond donors (Lipinski definition) is 1. The van der Waals surface area contributed by atoms with E-state index in [4.69, 9.17) is 16.3 Å². The minimum absolute atomic E-state index is 0.0902. The Balaban J connectivity index is 1.54. The van der Waals surface area contributed by atoms with E-state index in [1.165, 1.54) is 17.9 Å². The monoisotopic (exact) mass is 641 g/mol. The van der Waals surface area contributed by atoms with E-state index >= 15 is 8.78 Å². The molecule has 3 heterocycles. The summed E-state index contributed by atoms with van der Waals surface area (Å²) in [6.07, 6.45) is 2.04. The molecule has 3 aromatic rings. The van der Waals surface area contributed by atoms with Crippen molar-refractivity contribution in [3.05, 3.63) is 58.3 Å². The van der Waals surface area contributed by atoms with Gasteiger partial charge in [0.15, 0.2) is 5.82 Å². The second kappa shape index (κ2) is 12.3. The van der Waals surface area contributed by atoms with Gasteiger partial charge in [-0.1, -0.05) is 17.7 Å². The Kier molecular flexibility index (Phi) is 8.86. The fourth-order valence-electron chi connectivity index (χ4n) is 5.72. The number of anilines is 1. The van der Waals surface area contributed by atoms with Gasteiger partial charge in [-0.05, 0) is 62.6 Å². The molecule has 2 aliphatic heterocycles. The minimum Gasteiger partial charge on any atom is -0.444 e. The highest BCUT2D eigenvalue weighted by Crippen LogP contribution is 2.41. The van der Waals surface area contributed by atoms with Crippen molar-refractivity contribution in [2.45, 2.75) is 39.7 Å². The summed E-state index contributed by atoms with van der Waals surface area (Å²) >= 11 is 6.85. The van der Waals surface area contributed by atoms with Crippen molar-refractivity contribution in [1.29, 1.82) is 0 Å². The number of aromatic amines is 1. The second-order valence-electron chi connectivity index (χ2n) is 12.7. The lowest BCUT2D eigenvalue weighted by Crippen LogP contribution is -2.50. The van der Waals surface area contributed by atoms with Crippen LogP contribution in [-0.4, -0.2) is 96.6 Å². The maximum Gasteiger partial charge on any atom is 0.410 e. The Morgan fingerprint density at radius 3 is 2.24 bits per heavy atom. The van der Waals surface area contributed by atoms with Crippen LogP contribution in [0.4, 0.5) is 19.3 Å². The maximum atomic E-state index is 16.2. The molecular formula is C33H38ClF2N5O4. The van der Waals surface area contributed by atoms with Crippen LogP contribution in [0.1, 0.15) is 50.2 Å². The topological polar surface area (TPSA) is 89.2 Å². The standard InChI is InChI=1S/C33H38ClF2N5O4/c1-19(42)41-9-7-8-20(18-41)21-14-22(24-16-27(31(43)38(5)6)37-30(24)29(21)36)23-15-26(35)28(17-25(23)34)39-10-12-40(13-11-39)32(44)45-33(2,3)4/h8,14-17,37H,7,9-13,18H2,1-6H3. The third kappa shape index (κ3) is 6.63. The van der Waals surface area contributed by atoms with E-state index in [1.54, 1.807) is 62.9 Å². The van der Waals surface area contributed by atoms with Gasteiger partial charge in [0.05, 0.1) is 16.2 Å². The first-order valence-electron chi connectivity index (χ1n) is 14.9. The molecule has 1 N–H and O–H groups in total. The average molecular weight is 642 g/mol. The third-order valence-electron chi connectivity index (χ3n) is 8.03. The number of piperazine rings is 1. The maximum absolute atomic E-state index is 16.2. The molecule has 1 saturated heterocycles. The number of hydrogen-bond acceptors (Lipinski definition) is 5. The molecule has 3 amide bonds. The molecule has 0 radical (unpaired) electrons. The van der Waals surface area contributed by atoms with E-state index < -0.39 is 23.3 Å². The van der Waals surface area contributed by atoms with E-state index in [-0.39, 0.29) is 45.8 Å². The second-order valence-corrected chi connectivity index (χ2v) is 13.1. The third-order valence-corrected chi connectivity index (χ3v) is 8.34. The molecule has 240 valence electrons. The zero-order valence-electron chi connectivity index (χ0n) is 26.4. The zero-order chi connectivity index (χ0) is 32.8. The van der Waals surface area contributed by atoms with Crippen LogP contribution in [-0.2, 0) is 9.53 Å². The smallest absolute Gasteiger partial charge is 0.410 e. The summed E-state index contributed by atoms with van der Waals surface area (Å²) in [5.41, 5.74) is 1.57. The quantitative estimate of drug-likeness (QED) is 0.369. The number of nitrogens with one attached hydrogen (secondary N) is 1. The predicted octanol–water partition coefficient (Wildman–Crippen LogP) is 6.16. The van der Waals surface area contributed by atoms with Gasteiger partial charge in [-0.15, -0.1) is 0 Å². The lowest BCUT2D eigenvalue weighted by Gasteiger charge is -2.37. The summed E-state index contributed by atoms with van der Waals surface area (Å²) in [7, 11) is 3.19. The largest absolute Gasteiger partial charge is 0.444 e. The van der Waals surface area contributed by atoms with Crippen LogP contribution in [0.5, 0.6) is 0 Å². The van der Waals surface area contributed by atoms with Crippen LogP contribution < -0.4 is 4.90 Å². The Labute approximate surface area is 266 Å². The fourth-order valence-corrected chi connectivity index (χ4v) is 5.98. The summed E-state index contributed by atoms with van der Waals surface area (Å²) in [6, 6.07) is 6.03. The molecule has 2 aromatic carbocycles. The highest BCUT2D eigenvalue weighted by Gasteiger charge is 2.29. The highest BCUT2D eigenvalue weighted by molar-refractivity contribution is 6.34. The van der Waals surface area contributed by atoms with Gasteiger partial charge in [0.25, 0.3) is 5.91 Å². The van der Waals surface area contributed by atoms with Crippen LogP contribution in [0.3, 0.4) is 0 Å². The van der Waals surface area contributed by atoms with E-state index in [2.05, 4.69) is 4.98 Å².